The highest BCUT2D eigenvalue weighted by Crippen LogP contribution is 2.40. The summed E-state index contributed by atoms with van der Waals surface area (Å²) in [5, 5.41) is 10.7. The van der Waals surface area contributed by atoms with E-state index in [1.165, 1.54) is 6.20 Å². The molecule has 0 bridgehead atoms. The van der Waals surface area contributed by atoms with Crippen LogP contribution in [0.25, 0.3) is 10.9 Å². The summed E-state index contributed by atoms with van der Waals surface area (Å²) in [6.07, 6.45) is 4.31. The summed E-state index contributed by atoms with van der Waals surface area (Å²) in [7, 11) is 0. The van der Waals surface area contributed by atoms with Crippen LogP contribution in [0, 0.1) is 5.82 Å². The molecule has 2 aromatic heterocycles. The van der Waals surface area contributed by atoms with E-state index >= 15 is 0 Å². The van der Waals surface area contributed by atoms with Crippen LogP contribution in [0.2, 0.25) is 5.15 Å². The quantitative estimate of drug-likeness (QED) is 0.713. The van der Waals surface area contributed by atoms with Crippen molar-refractivity contribution in [3.63, 3.8) is 0 Å². The van der Waals surface area contributed by atoms with Crippen LogP contribution in [0.1, 0.15) is 39.0 Å². The summed E-state index contributed by atoms with van der Waals surface area (Å²) < 4.78 is 34.9. The van der Waals surface area contributed by atoms with Crippen LogP contribution in [0.5, 0.6) is 6.01 Å². The van der Waals surface area contributed by atoms with Crippen molar-refractivity contribution in [1.29, 1.82) is 0 Å². The van der Waals surface area contributed by atoms with E-state index in [0.29, 0.717) is 43.7 Å². The largest absolute Gasteiger partial charge is 0.461 e. The van der Waals surface area contributed by atoms with E-state index in [1.807, 2.05) is 4.90 Å². The van der Waals surface area contributed by atoms with Gasteiger partial charge in [-0.3, -0.25) is 4.90 Å². The first-order valence-corrected chi connectivity index (χ1v) is 11.2. The van der Waals surface area contributed by atoms with Crippen molar-refractivity contribution < 1.29 is 18.6 Å². The smallest absolute Gasteiger partial charge is 0.319 e. The molecule has 3 atom stereocenters. The fourth-order valence-electron chi connectivity index (χ4n) is 5.35. The number of alkyl halides is 1. The summed E-state index contributed by atoms with van der Waals surface area (Å²) in [6, 6.07) is 0.0254. The first-order chi connectivity index (χ1) is 14.8. The molecule has 2 aromatic rings. The van der Waals surface area contributed by atoms with Gasteiger partial charge in [0.25, 0.3) is 0 Å². The van der Waals surface area contributed by atoms with Crippen molar-refractivity contribution in [3.8, 4) is 6.01 Å². The van der Waals surface area contributed by atoms with Crippen molar-refractivity contribution >= 4 is 28.3 Å². The van der Waals surface area contributed by atoms with Gasteiger partial charge in [0.05, 0.1) is 16.5 Å². The Balaban J connectivity index is 1.50. The molecule has 5 rings (SSSR count). The van der Waals surface area contributed by atoms with E-state index in [2.05, 4.69) is 19.9 Å². The summed E-state index contributed by atoms with van der Waals surface area (Å²) in [5.41, 5.74) is -1.21. The molecular formula is C21H26ClF2N5O2. The van der Waals surface area contributed by atoms with Gasteiger partial charge in [0, 0.05) is 32.3 Å². The molecule has 31 heavy (non-hydrogen) atoms. The maximum Gasteiger partial charge on any atom is 0.319 e. The molecule has 0 aromatic carbocycles. The number of hydrogen-bond donors (Lipinski definition) is 1. The third-order valence-corrected chi connectivity index (χ3v) is 7.07. The van der Waals surface area contributed by atoms with Crippen LogP contribution in [0.15, 0.2) is 6.20 Å². The Hall–Kier alpha value is -1.84. The predicted molar refractivity (Wildman–Crippen MR) is 113 cm³/mol. The third kappa shape index (κ3) is 3.81. The number of pyridine rings is 1. The molecule has 0 aliphatic carbocycles. The van der Waals surface area contributed by atoms with Crippen LogP contribution in [-0.2, 0) is 0 Å². The van der Waals surface area contributed by atoms with E-state index in [4.69, 9.17) is 16.3 Å². The zero-order chi connectivity index (χ0) is 21.8. The topological polar surface area (TPSA) is 74.6 Å². The van der Waals surface area contributed by atoms with Gasteiger partial charge in [0.1, 0.15) is 24.1 Å². The fourth-order valence-corrected chi connectivity index (χ4v) is 5.49. The minimum absolute atomic E-state index is 0.0254. The van der Waals surface area contributed by atoms with E-state index < -0.39 is 17.6 Å². The van der Waals surface area contributed by atoms with Crippen molar-refractivity contribution in [3.05, 3.63) is 17.2 Å². The maximum atomic E-state index is 14.8. The van der Waals surface area contributed by atoms with E-state index in [9.17, 15) is 13.9 Å². The zero-order valence-corrected chi connectivity index (χ0v) is 18.2. The monoisotopic (exact) mass is 453 g/mol. The van der Waals surface area contributed by atoms with Crippen molar-refractivity contribution in [2.75, 3.05) is 37.7 Å². The number of aromatic nitrogens is 3. The number of aliphatic hydroxyl groups is 1. The first-order valence-electron chi connectivity index (χ1n) is 10.8. The minimum Gasteiger partial charge on any atom is -0.461 e. The summed E-state index contributed by atoms with van der Waals surface area (Å²) in [5.74, 6) is -0.277. The van der Waals surface area contributed by atoms with E-state index in [1.54, 1.807) is 6.92 Å². The van der Waals surface area contributed by atoms with Crippen LogP contribution >= 0.6 is 11.6 Å². The number of halogens is 3. The van der Waals surface area contributed by atoms with Gasteiger partial charge in [-0.25, -0.2) is 13.8 Å². The van der Waals surface area contributed by atoms with Crippen LogP contribution in [0.4, 0.5) is 14.6 Å². The Morgan fingerprint density at radius 3 is 2.90 bits per heavy atom. The van der Waals surface area contributed by atoms with E-state index in [-0.39, 0.29) is 28.8 Å². The summed E-state index contributed by atoms with van der Waals surface area (Å²) in [4.78, 5) is 16.8. The Kier molecular flexibility index (Phi) is 5.18. The van der Waals surface area contributed by atoms with Crippen LogP contribution < -0.4 is 9.64 Å². The Morgan fingerprint density at radius 2 is 2.10 bits per heavy atom. The van der Waals surface area contributed by atoms with Crippen molar-refractivity contribution in [2.45, 2.75) is 56.3 Å². The lowest BCUT2D eigenvalue weighted by Gasteiger charge is -2.38. The van der Waals surface area contributed by atoms with Gasteiger partial charge in [0.2, 0.25) is 0 Å². The number of rotatable bonds is 4. The molecule has 5 heterocycles. The molecule has 0 spiro atoms. The molecule has 3 saturated heterocycles. The maximum absolute atomic E-state index is 14.8. The zero-order valence-electron chi connectivity index (χ0n) is 17.5. The Bertz CT molecular complexity index is 1010. The Morgan fingerprint density at radius 1 is 1.29 bits per heavy atom. The molecule has 3 aliphatic heterocycles. The number of hydrogen-bond acceptors (Lipinski definition) is 7. The lowest BCUT2D eigenvalue weighted by atomic mass is 9.95. The molecular weight excluding hydrogens is 428 g/mol. The SMILES string of the molecule is C[C@@]1(O)CCCN(c2nc(OC[C@@]34CCCN3C[C@H](F)C4)nc3c(F)c(Cl)ncc23)C1. The van der Waals surface area contributed by atoms with Gasteiger partial charge < -0.3 is 14.7 Å². The van der Waals surface area contributed by atoms with Gasteiger partial charge in [-0.15, -0.1) is 0 Å². The van der Waals surface area contributed by atoms with Gasteiger partial charge in [-0.05, 0) is 39.2 Å². The molecule has 0 saturated carbocycles. The second-order valence-electron chi connectivity index (χ2n) is 9.34. The molecule has 168 valence electrons. The number of anilines is 1. The van der Waals surface area contributed by atoms with Crippen molar-refractivity contribution in [1.82, 2.24) is 19.9 Å². The van der Waals surface area contributed by atoms with Gasteiger partial charge in [-0.2, -0.15) is 9.97 Å². The molecule has 3 aliphatic rings. The molecule has 0 radical (unpaired) electrons. The molecule has 0 unspecified atom stereocenters. The second kappa shape index (κ2) is 7.64. The fraction of sp³-hybridized carbons (Fsp3) is 0.667. The number of piperidine rings is 1. The lowest BCUT2D eigenvalue weighted by Crippen LogP contribution is -2.46. The highest BCUT2D eigenvalue weighted by Gasteiger charge is 2.49. The number of nitrogens with zero attached hydrogens (tertiary/aromatic N) is 5. The van der Waals surface area contributed by atoms with Crippen LogP contribution in [0.3, 0.4) is 0 Å². The molecule has 7 nitrogen and oxygen atoms in total. The Labute approximate surface area is 184 Å². The third-order valence-electron chi connectivity index (χ3n) is 6.81. The highest BCUT2D eigenvalue weighted by molar-refractivity contribution is 6.30. The first kappa shape index (κ1) is 21.0. The lowest BCUT2D eigenvalue weighted by molar-refractivity contribution is 0.0447. The standard InChI is InChI=1S/C21H26ClF2N5O2/c1-20(30)4-2-6-28(11-20)18-14-9-25-17(22)15(24)16(14)26-19(27-18)31-12-21-5-3-7-29(21)10-13(23)8-21/h9,13,30H,2-8,10-12H2,1H3/t13-,20-,21+/m1/s1. The van der Waals surface area contributed by atoms with E-state index in [0.717, 1.165) is 25.8 Å². The summed E-state index contributed by atoms with van der Waals surface area (Å²) in [6.45, 7) is 4.31. The highest BCUT2D eigenvalue weighted by atomic mass is 35.5. The van der Waals surface area contributed by atoms with Gasteiger partial charge in [-0.1, -0.05) is 11.6 Å². The predicted octanol–water partition coefficient (Wildman–Crippen LogP) is 3.12. The molecule has 10 heteroatoms. The summed E-state index contributed by atoms with van der Waals surface area (Å²) >= 11 is 5.90. The van der Waals surface area contributed by atoms with Crippen LogP contribution in [-0.4, -0.2) is 75.1 Å². The average molecular weight is 454 g/mol. The van der Waals surface area contributed by atoms with Gasteiger partial charge in [0.15, 0.2) is 11.0 Å². The number of fused-ring (bicyclic) bond motifs is 2. The van der Waals surface area contributed by atoms with Crippen molar-refractivity contribution in [2.24, 2.45) is 0 Å². The molecule has 1 N–H and O–H groups in total. The number of β-amino-alcohol motifs (C(OH)–C–C–N with tert-alkyl or cyclic N) is 1. The molecule has 0 amide bonds. The average Bonchev–Trinajstić information content (AvgIpc) is 3.24. The second-order valence-corrected chi connectivity index (χ2v) is 9.70. The molecule has 3 fully saturated rings. The number of ether oxygens (including phenoxy) is 1. The normalized spacial score (nSPS) is 31.4. The minimum atomic E-state index is -0.877. The van der Waals surface area contributed by atoms with Gasteiger partial charge >= 0.3 is 6.01 Å².